The molecular formula is C18H32N6O. The molecule has 3 rings (SSSR count). The van der Waals surface area contributed by atoms with Crippen LogP contribution in [-0.4, -0.2) is 63.3 Å². The van der Waals surface area contributed by atoms with Crippen molar-refractivity contribution in [2.24, 2.45) is 7.05 Å². The molecule has 1 atom stereocenters. The van der Waals surface area contributed by atoms with E-state index in [1.54, 1.807) is 0 Å². The van der Waals surface area contributed by atoms with Crippen LogP contribution in [0.1, 0.15) is 63.0 Å². The minimum Gasteiger partial charge on any atom is -0.338 e. The van der Waals surface area contributed by atoms with E-state index in [-0.39, 0.29) is 11.9 Å². The van der Waals surface area contributed by atoms with Crippen molar-refractivity contribution in [3.63, 3.8) is 0 Å². The Bertz CT molecular complexity index is 566. The first kappa shape index (κ1) is 18.2. The highest BCUT2D eigenvalue weighted by atomic mass is 16.2. The van der Waals surface area contributed by atoms with Gasteiger partial charge in [-0.25, -0.2) is 4.79 Å². The van der Waals surface area contributed by atoms with Gasteiger partial charge in [0.25, 0.3) is 0 Å². The number of urea groups is 1. The summed E-state index contributed by atoms with van der Waals surface area (Å²) < 4.78 is 2.16. The first-order chi connectivity index (χ1) is 12.2. The molecule has 1 N–H and O–H groups in total. The smallest absolute Gasteiger partial charge is 0.317 e. The fourth-order valence-electron chi connectivity index (χ4n) is 3.90. The maximum Gasteiger partial charge on any atom is 0.317 e. The molecule has 2 aliphatic heterocycles. The SMILES string of the molecule is CCCNC(=O)N1CCC[C@H](c2nnc(CN3CCCCC3)n2C)C1. The lowest BCUT2D eigenvalue weighted by Gasteiger charge is -2.32. The maximum atomic E-state index is 12.3. The number of hydrogen-bond donors (Lipinski definition) is 1. The number of piperidine rings is 2. The lowest BCUT2D eigenvalue weighted by Crippen LogP contribution is -2.45. The van der Waals surface area contributed by atoms with Crippen molar-refractivity contribution < 1.29 is 4.79 Å². The zero-order valence-corrected chi connectivity index (χ0v) is 15.7. The van der Waals surface area contributed by atoms with Crippen LogP contribution in [0.5, 0.6) is 0 Å². The van der Waals surface area contributed by atoms with Crippen LogP contribution in [0.3, 0.4) is 0 Å². The molecule has 2 amide bonds. The van der Waals surface area contributed by atoms with Crippen molar-refractivity contribution in [2.75, 3.05) is 32.7 Å². The van der Waals surface area contributed by atoms with Crippen molar-refractivity contribution in [2.45, 2.75) is 57.9 Å². The van der Waals surface area contributed by atoms with Gasteiger partial charge >= 0.3 is 6.03 Å². The van der Waals surface area contributed by atoms with Gasteiger partial charge in [0, 0.05) is 32.6 Å². The molecule has 0 bridgehead atoms. The summed E-state index contributed by atoms with van der Waals surface area (Å²) in [6, 6.07) is 0.0576. The Morgan fingerprint density at radius 2 is 1.96 bits per heavy atom. The largest absolute Gasteiger partial charge is 0.338 e. The number of nitrogens with one attached hydrogen (secondary N) is 1. The van der Waals surface area contributed by atoms with Gasteiger partial charge in [0.1, 0.15) is 11.6 Å². The van der Waals surface area contributed by atoms with Gasteiger partial charge in [-0.05, 0) is 45.2 Å². The van der Waals surface area contributed by atoms with Crippen LogP contribution < -0.4 is 5.32 Å². The predicted molar refractivity (Wildman–Crippen MR) is 97.4 cm³/mol. The van der Waals surface area contributed by atoms with E-state index >= 15 is 0 Å². The van der Waals surface area contributed by atoms with Gasteiger partial charge in [-0.3, -0.25) is 4.90 Å². The normalized spacial score (nSPS) is 22.2. The summed E-state index contributed by atoms with van der Waals surface area (Å²) >= 11 is 0. The Morgan fingerprint density at radius 1 is 1.16 bits per heavy atom. The summed E-state index contributed by atoms with van der Waals surface area (Å²) in [6.45, 7) is 7.60. The number of carbonyl (C=O) groups excluding carboxylic acids is 1. The van der Waals surface area contributed by atoms with Crippen molar-refractivity contribution in [1.82, 2.24) is 29.9 Å². The van der Waals surface area contributed by atoms with Gasteiger partial charge < -0.3 is 14.8 Å². The van der Waals surface area contributed by atoms with Crippen molar-refractivity contribution >= 4 is 6.03 Å². The molecular weight excluding hydrogens is 316 g/mol. The molecule has 0 saturated carbocycles. The minimum absolute atomic E-state index is 0.0576. The summed E-state index contributed by atoms with van der Waals surface area (Å²) in [5, 5.41) is 11.9. The molecule has 1 aromatic rings. The van der Waals surface area contributed by atoms with Crippen LogP contribution in [0, 0.1) is 0 Å². The van der Waals surface area contributed by atoms with Gasteiger partial charge in [-0.15, -0.1) is 10.2 Å². The van der Waals surface area contributed by atoms with Crippen LogP contribution in [0.25, 0.3) is 0 Å². The third-order valence-corrected chi connectivity index (χ3v) is 5.41. The number of hydrogen-bond acceptors (Lipinski definition) is 4. The molecule has 2 fully saturated rings. The predicted octanol–water partition coefficient (Wildman–Crippen LogP) is 2.10. The Labute approximate surface area is 150 Å². The average molecular weight is 348 g/mol. The van der Waals surface area contributed by atoms with Crippen molar-refractivity contribution in [3.05, 3.63) is 11.6 Å². The molecule has 140 valence electrons. The molecule has 25 heavy (non-hydrogen) atoms. The summed E-state index contributed by atoms with van der Waals surface area (Å²) in [7, 11) is 2.07. The average Bonchev–Trinajstić information content (AvgIpc) is 3.01. The minimum atomic E-state index is 0.0576. The molecule has 0 unspecified atom stereocenters. The molecule has 0 radical (unpaired) electrons. The van der Waals surface area contributed by atoms with Crippen LogP contribution in [0.2, 0.25) is 0 Å². The lowest BCUT2D eigenvalue weighted by atomic mass is 9.97. The highest BCUT2D eigenvalue weighted by Crippen LogP contribution is 2.26. The van der Waals surface area contributed by atoms with Gasteiger partial charge in [0.05, 0.1) is 6.54 Å². The van der Waals surface area contributed by atoms with E-state index in [9.17, 15) is 4.79 Å². The topological polar surface area (TPSA) is 66.3 Å². The van der Waals surface area contributed by atoms with E-state index in [1.807, 2.05) is 4.90 Å². The van der Waals surface area contributed by atoms with Gasteiger partial charge in [-0.2, -0.15) is 0 Å². The second-order valence-corrected chi connectivity index (χ2v) is 7.39. The standard InChI is InChI=1S/C18H32N6O/c1-3-9-19-18(25)24-12-7-8-15(13-24)17-21-20-16(22(17)2)14-23-10-5-4-6-11-23/h15H,3-14H2,1-2H3,(H,19,25)/t15-/m0/s1. The molecule has 7 nitrogen and oxygen atoms in total. The molecule has 0 aliphatic carbocycles. The van der Waals surface area contributed by atoms with E-state index in [4.69, 9.17) is 0 Å². The third-order valence-electron chi connectivity index (χ3n) is 5.41. The summed E-state index contributed by atoms with van der Waals surface area (Å²) in [5.41, 5.74) is 0. The quantitative estimate of drug-likeness (QED) is 0.885. The summed E-state index contributed by atoms with van der Waals surface area (Å²) in [5.74, 6) is 2.36. The zero-order chi connectivity index (χ0) is 17.6. The first-order valence-corrected chi connectivity index (χ1v) is 9.82. The van der Waals surface area contributed by atoms with Crippen molar-refractivity contribution in [3.8, 4) is 0 Å². The Kier molecular flexibility index (Phi) is 6.29. The third kappa shape index (κ3) is 4.51. The first-order valence-electron chi connectivity index (χ1n) is 9.82. The number of aromatic nitrogens is 3. The number of carbonyl (C=O) groups is 1. The van der Waals surface area contributed by atoms with Gasteiger partial charge in [0.2, 0.25) is 0 Å². The van der Waals surface area contributed by atoms with Crippen LogP contribution in [0.4, 0.5) is 4.79 Å². The van der Waals surface area contributed by atoms with E-state index in [2.05, 4.69) is 39.0 Å². The second-order valence-electron chi connectivity index (χ2n) is 7.39. The van der Waals surface area contributed by atoms with Crippen LogP contribution >= 0.6 is 0 Å². The second kappa shape index (κ2) is 8.65. The van der Waals surface area contributed by atoms with Crippen LogP contribution in [-0.2, 0) is 13.6 Å². The summed E-state index contributed by atoms with van der Waals surface area (Å²) in [6.07, 6.45) is 6.99. The Hall–Kier alpha value is -1.63. The van der Waals surface area contributed by atoms with Gasteiger partial charge in [0.15, 0.2) is 0 Å². The van der Waals surface area contributed by atoms with Crippen LogP contribution in [0.15, 0.2) is 0 Å². The Balaban J connectivity index is 1.62. The number of amides is 2. The monoisotopic (exact) mass is 348 g/mol. The molecule has 1 aromatic heterocycles. The fraction of sp³-hybridized carbons (Fsp3) is 0.833. The molecule has 2 aliphatic rings. The fourth-order valence-corrected chi connectivity index (χ4v) is 3.90. The number of nitrogens with zero attached hydrogens (tertiary/aromatic N) is 5. The van der Waals surface area contributed by atoms with E-state index in [1.165, 1.54) is 19.3 Å². The van der Waals surface area contributed by atoms with E-state index in [0.29, 0.717) is 0 Å². The molecule has 0 aromatic carbocycles. The van der Waals surface area contributed by atoms with E-state index in [0.717, 1.165) is 70.2 Å². The number of likely N-dealkylation sites (tertiary alicyclic amines) is 2. The zero-order valence-electron chi connectivity index (χ0n) is 15.7. The Morgan fingerprint density at radius 3 is 2.72 bits per heavy atom. The van der Waals surface area contributed by atoms with E-state index < -0.39 is 0 Å². The summed E-state index contributed by atoms with van der Waals surface area (Å²) in [4.78, 5) is 16.7. The molecule has 3 heterocycles. The highest BCUT2D eigenvalue weighted by Gasteiger charge is 2.28. The molecule has 2 saturated heterocycles. The van der Waals surface area contributed by atoms with Crippen molar-refractivity contribution in [1.29, 1.82) is 0 Å². The molecule has 0 spiro atoms. The molecule has 7 heteroatoms. The lowest BCUT2D eigenvalue weighted by molar-refractivity contribution is 0.177. The highest BCUT2D eigenvalue weighted by molar-refractivity contribution is 5.74. The number of rotatable bonds is 5. The van der Waals surface area contributed by atoms with Gasteiger partial charge in [-0.1, -0.05) is 13.3 Å². The maximum absolute atomic E-state index is 12.3.